The number of hydrogen-bond acceptors (Lipinski definition) is 3. The van der Waals surface area contributed by atoms with Gasteiger partial charge in [0.15, 0.2) is 0 Å². The van der Waals surface area contributed by atoms with Crippen LogP contribution in [0.3, 0.4) is 0 Å². The summed E-state index contributed by atoms with van der Waals surface area (Å²) < 4.78 is 0. The van der Waals surface area contributed by atoms with Gasteiger partial charge in [-0.05, 0) is 43.9 Å². The van der Waals surface area contributed by atoms with Crippen LogP contribution in [0.2, 0.25) is 0 Å². The van der Waals surface area contributed by atoms with E-state index in [0.717, 1.165) is 32.2 Å². The van der Waals surface area contributed by atoms with Crippen LogP contribution in [0.5, 0.6) is 0 Å². The largest absolute Gasteiger partial charge is 0.385 e. The Morgan fingerprint density at radius 1 is 1.24 bits per heavy atom. The lowest BCUT2D eigenvalue weighted by atomic mass is 9.99. The number of fused-ring (bicyclic) bond motifs is 1. The molecule has 0 aromatic heterocycles. The number of likely N-dealkylation sites (N-methyl/N-ethyl adjacent to an activating group) is 1. The summed E-state index contributed by atoms with van der Waals surface area (Å²) in [7, 11) is 2.28. The van der Waals surface area contributed by atoms with E-state index in [9.17, 15) is 0 Å². The third-order valence-corrected chi connectivity index (χ3v) is 5.07. The van der Waals surface area contributed by atoms with E-state index in [1.54, 1.807) is 0 Å². The maximum Gasteiger partial charge on any atom is 0.0418 e. The van der Waals surface area contributed by atoms with E-state index in [1.165, 1.54) is 55.3 Å². The van der Waals surface area contributed by atoms with E-state index >= 15 is 0 Å². The first-order valence-corrected chi connectivity index (χ1v) is 8.60. The molecule has 3 heteroatoms. The summed E-state index contributed by atoms with van der Waals surface area (Å²) in [6.45, 7) is 4.34. The molecule has 3 rings (SSSR count). The molecule has 1 aromatic rings. The lowest BCUT2D eigenvalue weighted by Crippen LogP contribution is -2.35. The van der Waals surface area contributed by atoms with Gasteiger partial charge in [0, 0.05) is 37.9 Å². The molecule has 0 amide bonds. The standard InChI is InChI=1S/C18H29N3/c1-21(17-9-2-3-10-17)13-12-19-14-16-7-4-6-15-8-5-11-20-18(15)16/h4,6-7,17,19-20H,2-3,5,8-14H2,1H3. The average Bonchev–Trinajstić information content (AvgIpc) is 3.06. The van der Waals surface area contributed by atoms with Crippen molar-refractivity contribution in [2.75, 3.05) is 32.0 Å². The Kier molecular flexibility index (Phi) is 5.15. The summed E-state index contributed by atoms with van der Waals surface area (Å²) in [5.41, 5.74) is 4.31. The molecule has 1 saturated carbocycles. The Balaban J connectivity index is 1.45. The van der Waals surface area contributed by atoms with Gasteiger partial charge in [-0.1, -0.05) is 31.0 Å². The fourth-order valence-electron chi connectivity index (χ4n) is 3.73. The highest BCUT2D eigenvalue weighted by molar-refractivity contribution is 5.59. The van der Waals surface area contributed by atoms with Crippen molar-refractivity contribution in [1.82, 2.24) is 10.2 Å². The molecule has 1 aliphatic heterocycles. The monoisotopic (exact) mass is 287 g/mol. The van der Waals surface area contributed by atoms with E-state index in [1.807, 2.05) is 0 Å². The maximum atomic E-state index is 3.62. The number of para-hydroxylation sites is 1. The topological polar surface area (TPSA) is 27.3 Å². The first kappa shape index (κ1) is 14.9. The van der Waals surface area contributed by atoms with Gasteiger partial charge in [-0.25, -0.2) is 0 Å². The van der Waals surface area contributed by atoms with E-state index in [-0.39, 0.29) is 0 Å². The van der Waals surface area contributed by atoms with Crippen molar-refractivity contribution in [3.05, 3.63) is 29.3 Å². The van der Waals surface area contributed by atoms with E-state index in [2.05, 4.69) is 40.8 Å². The van der Waals surface area contributed by atoms with Crippen molar-refractivity contribution in [2.45, 2.75) is 51.1 Å². The predicted molar refractivity (Wildman–Crippen MR) is 89.8 cm³/mol. The molecule has 1 heterocycles. The molecule has 116 valence electrons. The van der Waals surface area contributed by atoms with Crippen molar-refractivity contribution in [1.29, 1.82) is 0 Å². The second kappa shape index (κ2) is 7.28. The molecule has 0 bridgehead atoms. The highest BCUT2D eigenvalue weighted by Crippen LogP contribution is 2.26. The fraction of sp³-hybridized carbons (Fsp3) is 0.667. The Morgan fingerprint density at radius 3 is 2.95 bits per heavy atom. The van der Waals surface area contributed by atoms with Crippen LogP contribution >= 0.6 is 0 Å². The van der Waals surface area contributed by atoms with Crippen LogP contribution in [0, 0.1) is 0 Å². The van der Waals surface area contributed by atoms with Gasteiger partial charge in [0.25, 0.3) is 0 Å². The Morgan fingerprint density at radius 2 is 2.10 bits per heavy atom. The first-order valence-electron chi connectivity index (χ1n) is 8.60. The first-order chi connectivity index (χ1) is 10.3. The van der Waals surface area contributed by atoms with Gasteiger partial charge in [0.05, 0.1) is 0 Å². The quantitative estimate of drug-likeness (QED) is 0.788. The van der Waals surface area contributed by atoms with Crippen LogP contribution in [0.1, 0.15) is 43.2 Å². The minimum absolute atomic E-state index is 0.831. The third-order valence-electron chi connectivity index (χ3n) is 5.07. The molecule has 0 spiro atoms. The Bertz CT molecular complexity index is 452. The van der Waals surface area contributed by atoms with Crippen LogP contribution in [-0.4, -0.2) is 37.6 Å². The summed E-state index contributed by atoms with van der Waals surface area (Å²) in [5, 5.41) is 7.20. The predicted octanol–water partition coefficient (Wildman–Crippen LogP) is 3.01. The lowest BCUT2D eigenvalue weighted by Gasteiger charge is -2.24. The van der Waals surface area contributed by atoms with Gasteiger partial charge < -0.3 is 15.5 Å². The highest BCUT2D eigenvalue weighted by Gasteiger charge is 2.18. The van der Waals surface area contributed by atoms with Gasteiger partial charge in [-0.2, -0.15) is 0 Å². The van der Waals surface area contributed by atoms with Crippen LogP contribution < -0.4 is 10.6 Å². The molecule has 2 N–H and O–H groups in total. The van der Waals surface area contributed by atoms with Crippen LogP contribution in [0.15, 0.2) is 18.2 Å². The van der Waals surface area contributed by atoms with E-state index in [0.29, 0.717) is 0 Å². The van der Waals surface area contributed by atoms with Crippen molar-refractivity contribution >= 4 is 5.69 Å². The molecule has 2 aliphatic rings. The van der Waals surface area contributed by atoms with Crippen molar-refractivity contribution in [3.8, 4) is 0 Å². The molecule has 0 radical (unpaired) electrons. The van der Waals surface area contributed by atoms with Crippen LogP contribution in [0.4, 0.5) is 5.69 Å². The van der Waals surface area contributed by atoms with Gasteiger partial charge in [0.2, 0.25) is 0 Å². The summed E-state index contributed by atoms with van der Waals surface area (Å²) in [6.07, 6.45) is 8.12. The second-order valence-corrected chi connectivity index (χ2v) is 6.58. The van der Waals surface area contributed by atoms with Crippen LogP contribution in [-0.2, 0) is 13.0 Å². The molecule has 1 fully saturated rings. The smallest absolute Gasteiger partial charge is 0.0418 e. The maximum absolute atomic E-state index is 3.62. The third kappa shape index (κ3) is 3.78. The molecule has 0 saturated heterocycles. The minimum Gasteiger partial charge on any atom is -0.385 e. The van der Waals surface area contributed by atoms with Gasteiger partial charge in [-0.15, -0.1) is 0 Å². The molecule has 21 heavy (non-hydrogen) atoms. The zero-order valence-corrected chi connectivity index (χ0v) is 13.3. The fourth-order valence-corrected chi connectivity index (χ4v) is 3.73. The van der Waals surface area contributed by atoms with Gasteiger partial charge >= 0.3 is 0 Å². The van der Waals surface area contributed by atoms with E-state index < -0.39 is 0 Å². The Hall–Kier alpha value is -1.06. The van der Waals surface area contributed by atoms with Gasteiger partial charge in [-0.3, -0.25) is 0 Å². The summed E-state index contributed by atoms with van der Waals surface area (Å²) in [6, 6.07) is 7.55. The SMILES string of the molecule is CN(CCNCc1cccc2c1NCCC2)C1CCCC1. The lowest BCUT2D eigenvalue weighted by molar-refractivity contribution is 0.245. The highest BCUT2D eigenvalue weighted by atomic mass is 15.1. The summed E-state index contributed by atoms with van der Waals surface area (Å²) >= 11 is 0. The number of nitrogens with one attached hydrogen (secondary N) is 2. The molecule has 3 nitrogen and oxygen atoms in total. The van der Waals surface area contributed by atoms with Gasteiger partial charge in [0.1, 0.15) is 0 Å². The molecular formula is C18H29N3. The number of hydrogen-bond donors (Lipinski definition) is 2. The summed E-state index contributed by atoms with van der Waals surface area (Å²) in [4.78, 5) is 2.54. The number of rotatable bonds is 6. The molecule has 1 aliphatic carbocycles. The zero-order chi connectivity index (χ0) is 14.5. The molecular weight excluding hydrogens is 258 g/mol. The van der Waals surface area contributed by atoms with Crippen molar-refractivity contribution in [2.24, 2.45) is 0 Å². The molecule has 0 atom stereocenters. The number of aryl methyl sites for hydroxylation is 1. The zero-order valence-electron chi connectivity index (χ0n) is 13.3. The molecule has 0 unspecified atom stereocenters. The number of anilines is 1. The normalized spacial score (nSPS) is 18.8. The second-order valence-electron chi connectivity index (χ2n) is 6.58. The number of benzene rings is 1. The van der Waals surface area contributed by atoms with Crippen LogP contribution in [0.25, 0.3) is 0 Å². The van der Waals surface area contributed by atoms with Crippen molar-refractivity contribution < 1.29 is 0 Å². The molecule has 1 aromatic carbocycles. The van der Waals surface area contributed by atoms with E-state index in [4.69, 9.17) is 0 Å². The Labute approximate surface area is 129 Å². The minimum atomic E-state index is 0.831. The number of nitrogens with zero attached hydrogens (tertiary/aromatic N) is 1. The summed E-state index contributed by atoms with van der Waals surface area (Å²) in [5.74, 6) is 0. The van der Waals surface area contributed by atoms with Crippen molar-refractivity contribution in [3.63, 3.8) is 0 Å². The average molecular weight is 287 g/mol.